The Kier molecular flexibility index (Phi) is 4.09. The zero-order valence-electron chi connectivity index (χ0n) is 14.4. The molecule has 1 N–H and O–H groups in total. The predicted octanol–water partition coefficient (Wildman–Crippen LogP) is 2.15. The van der Waals surface area contributed by atoms with Gasteiger partial charge in [-0.2, -0.15) is 10.1 Å². The van der Waals surface area contributed by atoms with Crippen LogP contribution in [0.5, 0.6) is 0 Å². The highest BCUT2D eigenvalue weighted by molar-refractivity contribution is 5.09. The third-order valence-corrected chi connectivity index (χ3v) is 4.82. The molecule has 0 unspecified atom stereocenters. The van der Waals surface area contributed by atoms with Gasteiger partial charge in [0.15, 0.2) is 11.6 Å². The standard InChI is InChI=1S/C16H24N6O2/c1-9(2)14-17-13(24-21-14)8-22-7-11(23-3)6-12(22)16-18-15(19-20-16)10-4-5-10/h9-12H,4-8H2,1-3H3,(H,18,19,20)/t11-,12+/m1/s1. The average molecular weight is 332 g/mol. The van der Waals surface area contributed by atoms with E-state index in [0.29, 0.717) is 18.4 Å². The summed E-state index contributed by atoms with van der Waals surface area (Å²) in [6.45, 7) is 5.54. The molecule has 1 aliphatic heterocycles. The highest BCUT2D eigenvalue weighted by atomic mass is 16.5. The van der Waals surface area contributed by atoms with Gasteiger partial charge in [-0.1, -0.05) is 19.0 Å². The number of hydrogen-bond donors (Lipinski definition) is 1. The maximum Gasteiger partial charge on any atom is 0.240 e. The van der Waals surface area contributed by atoms with Crippen LogP contribution in [-0.2, 0) is 11.3 Å². The summed E-state index contributed by atoms with van der Waals surface area (Å²) >= 11 is 0. The lowest BCUT2D eigenvalue weighted by Crippen LogP contribution is -2.25. The van der Waals surface area contributed by atoms with Crippen LogP contribution in [-0.4, -0.2) is 50.0 Å². The van der Waals surface area contributed by atoms with Crippen molar-refractivity contribution in [2.45, 2.75) is 63.6 Å². The Morgan fingerprint density at radius 3 is 2.83 bits per heavy atom. The molecule has 130 valence electrons. The van der Waals surface area contributed by atoms with Gasteiger partial charge in [0.05, 0.1) is 18.7 Å². The number of methoxy groups -OCH3 is 1. The molecule has 8 nitrogen and oxygen atoms in total. The van der Waals surface area contributed by atoms with Gasteiger partial charge in [0.25, 0.3) is 0 Å². The smallest absolute Gasteiger partial charge is 0.240 e. The van der Waals surface area contributed by atoms with Gasteiger partial charge in [0, 0.05) is 25.5 Å². The molecule has 2 fully saturated rings. The van der Waals surface area contributed by atoms with Crippen molar-refractivity contribution in [2.75, 3.05) is 13.7 Å². The molecule has 4 rings (SSSR count). The summed E-state index contributed by atoms with van der Waals surface area (Å²) in [5, 5.41) is 11.6. The maximum atomic E-state index is 5.57. The zero-order valence-corrected chi connectivity index (χ0v) is 14.4. The number of nitrogens with one attached hydrogen (secondary N) is 1. The molecule has 8 heteroatoms. The Hall–Kier alpha value is -1.80. The van der Waals surface area contributed by atoms with Crippen molar-refractivity contribution in [1.82, 2.24) is 30.2 Å². The fourth-order valence-corrected chi connectivity index (χ4v) is 3.19. The minimum absolute atomic E-state index is 0.143. The van der Waals surface area contributed by atoms with E-state index in [-0.39, 0.29) is 18.1 Å². The predicted molar refractivity (Wildman–Crippen MR) is 85.3 cm³/mol. The van der Waals surface area contributed by atoms with Crippen molar-refractivity contribution in [3.8, 4) is 0 Å². The van der Waals surface area contributed by atoms with Crippen LogP contribution >= 0.6 is 0 Å². The van der Waals surface area contributed by atoms with E-state index in [9.17, 15) is 0 Å². The third-order valence-electron chi connectivity index (χ3n) is 4.82. The van der Waals surface area contributed by atoms with Gasteiger partial charge in [-0.05, 0) is 19.3 Å². The minimum Gasteiger partial charge on any atom is -0.380 e. The molecule has 0 bridgehead atoms. The quantitative estimate of drug-likeness (QED) is 0.866. The first kappa shape index (κ1) is 15.7. The lowest BCUT2D eigenvalue weighted by atomic mass is 10.2. The molecule has 0 aromatic carbocycles. The van der Waals surface area contributed by atoms with Crippen molar-refractivity contribution in [3.05, 3.63) is 23.4 Å². The Morgan fingerprint density at radius 1 is 1.33 bits per heavy atom. The number of hydrogen-bond acceptors (Lipinski definition) is 7. The highest BCUT2D eigenvalue weighted by Gasteiger charge is 2.37. The van der Waals surface area contributed by atoms with Crippen LogP contribution in [0, 0.1) is 0 Å². The van der Waals surface area contributed by atoms with E-state index in [0.717, 1.165) is 30.4 Å². The van der Waals surface area contributed by atoms with Crippen LogP contribution in [0.1, 0.15) is 74.4 Å². The first-order valence-electron chi connectivity index (χ1n) is 8.65. The molecule has 1 saturated heterocycles. The summed E-state index contributed by atoms with van der Waals surface area (Å²) in [6.07, 6.45) is 3.47. The summed E-state index contributed by atoms with van der Waals surface area (Å²) in [5.41, 5.74) is 0. The van der Waals surface area contributed by atoms with Crippen LogP contribution in [0.15, 0.2) is 4.52 Å². The van der Waals surface area contributed by atoms with Crippen LogP contribution in [0.2, 0.25) is 0 Å². The minimum atomic E-state index is 0.143. The Morgan fingerprint density at radius 2 is 2.17 bits per heavy atom. The van der Waals surface area contributed by atoms with Gasteiger partial charge < -0.3 is 9.26 Å². The highest BCUT2D eigenvalue weighted by Crippen LogP contribution is 2.39. The molecule has 1 aliphatic carbocycles. The second-order valence-corrected chi connectivity index (χ2v) is 7.09. The van der Waals surface area contributed by atoms with Crippen molar-refractivity contribution < 1.29 is 9.26 Å². The van der Waals surface area contributed by atoms with Crippen molar-refractivity contribution in [1.29, 1.82) is 0 Å². The summed E-state index contributed by atoms with van der Waals surface area (Å²) in [5.74, 6) is 4.07. The molecule has 0 radical (unpaired) electrons. The summed E-state index contributed by atoms with van der Waals surface area (Å²) < 4.78 is 11.0. The molecule has 2 aromatic rings. The van der Waals surface area contributed by atoms with Crippen LogP contribution in [0.25, 0.3) is 0 Å². The Bertz CT molecular complexity index is 692. The van der Waals surface area contributed by atoms with E-state index in [4.69, 9.17) is 14.2 Å². The first-order valence-corrected chi connectivity index (χ1v) is 8.65. The number of rotatable bonds is 6. The maximum absolute atomic E-state index is 5.57. The molecule has 2 atom stereocenters. The summed E-state index contributed by atoms with van der Waals surface area (Å²) in [4.78, 5) is 11.5. The normalized spacial score (nSPS) is 25.0. The number of aromatic amines is 1. The Balaban J connectivity index is 1.51. The summed E-state index contributed by atoms with van der Waals surface area (Å²) in [7, 11) is 1.75. The number of nitrogens with zero attached hydrogens (tertiary/aromatic N) is 5. The lowest BCUT2D eigenvalue weighted by molar-refractivity contribution is 0.105. The van der Waals surface area contributed by atoms with Gasteiger partial charge >= 0.3 is 0 Å². The van der Waals surface area contributed by atoms with E-state index < -0.39 is 0 Å². The van der Waals surface area contributed by atoms with Crippen molar-refractivity contribution in [2.24, 2.45) is 0 Å². The van der Waals surface area contributed by atoms with Crippen molar-refractivity contribution >= 4 is 0 Å². The molecular formula is C16H24N6O2. The van der Waals surface area contributed by atoms with Crippen LogP contribution in [0.3, 0.4) is 0 Å². The molecule has 2 aliphatic rings. The second kappa shape index (κ2) is 6.25. The fraction of sp³-hybridized carbons (Fsp3) is 0.750. The number of likely N-dealkylation sites (tertiary alicyclic amines) is 1. The van der Waals surface area contributed by atoms with E-state index in [1.54, 1.807) is 7.11 Å². The van der Waals surface area contributed by atoms with Crippen molar-refractivity contribution in [3.63, 3.8) is 0 Å². The molecule has 3 heterocycles. The van der Waals surface area contributed by atoms with Crippen LogP contribution < -0.4 is 0 Å². The third kappa shape index (κ3) is 3.08. The molecule has 2 aromatic heterocycles. The molecule has 0 amide bonds. The first-order chi connectivity index (χ1) is 11.6. The number of aromatic nitrogens is 5. The van der Waals surface area contributed by atoms with E-state index in [1.165, 1.54) is 12.8 Å². The molecule has 0 spiro atoms. The Labute approximate surface area is 141 Å². The van der Waals surface area contributed by atoms with Gasteiger partial charge in [-0.15, -0.1) is 0 Å². The fourth-order valence-electron chi connectivity index (χ4n) is 3.19. The average Bonchev–Trinajstić information content (AvgIpc) is 3.01. The van der Waals surface area contributed by atoms with E-state index in [1.807, 2.05) is 0 Å². The van der Waals surface area contributed by atoms with Gasteiger partial charge in [-0.25, -0.2) is 4.98 Å². The monoisotopic (exact) mass is 332 g/mol. The van der Waals surface area contributed by atoms with Crippen LogP contribution in [0.4, 0.5) is 0 Å². The SMILES string of the molecule is CO[C@@H]1C[C@@H](c2nc(C3CC3)n[nH]2)N(Cc2nc(C(C)C)no2)C1. The largest absolute Gasteiger partial charge is 0.380 e. The van der Waals surface area contributed by atoms with Gasteiger partial charge in [0.2, 0.25) is 5.89 Å². The van der Waals surface area contributed by atoms with Gasteiger partial charge in [-0.3, -0.25) is 10.00 Å². The second-order valence-electron chi connectivity index (χ2n) is 7.09. The number of H-pyrrole nitrogens is 1. The molecule has 24 heavy (non-hydrogen) atoms. The van der Waals surface area contributed by atoms with E-state index >= 15 is 0 Å². The topological polar surface area (TPSA) is 93.0 Å². The molecular weight excluding hydrogens is 308 g/mol. The summed E-state index contributed by atoms with van der Waals surface area (Å²) in [6, 6.07) is 0.143. The lowest BCUT2D eigenvalue weighted by Gasteiger charge is -2.19. The zero-order chi connectivity index (χ0) is 16.7. The van der Waals surface area contributed by atoms with E-state index in [2.05, 4.69) is 39.1 Å². The molecule has 1 saturated carbocycles. The van der Waals surface area contributed by atoms with Gasteiger partial charge in [0.1, 0.15) is 5.82 Å². The number of ether oxygens (including phenoxy) is 1.